The van der Waals surface area contributed by atoms with Crippen LogP contribution in [0.3, 0.4) is 0 Å². The number of thiophene rings is 1. The number of fused-ring (bicyclic) bond motifs is 3. The quantitative estimate of drug-likeness (QED) is 0.352. The number of hydrogen-bond donors (Lipinski definition) is 0. The van der Waals surface area contributed by atoms with Crippen LogP contribution in [-0.2, 0) is 26.1 Å². The molecule has 0 saturated heterocycles. The van der Waals surface area contributed by atoms with E-state index in [1.165, 1.54) is 32.9 Å². The van der Waals surface area contributed by atoms with Gasteiger partial charge in [0.1, 0.15) is 4.83 Å². The Labute approximate surface area is 166 Å². The molecule has 28 heavy (non-hydrogen) atoms. The van der Waals surface area contributed by atoms with E-state index in [2.05, 4.69) is 4.98 Å². The van der Waals surface area contributed by atoms with Crippen molar-refractivity contribution in [3.63, 3.8) is 0 Å². The molecule has 1 aliphatic carbocycles. The number of aromatic nitrogens is 2. The van der Waals surface area contributed by atoms with Crippen molar-refractivity contribution < 1.29 is 18.0 Å². The van der Waals surface area contributed by atoms with Gasteiger partial charge in [0, 0.05) is 17.5 Å². The van der Waals surface area contributed by atoms with Crippen LogP contribution in [0.25, 0.3) is 10.2 Å². The predicted octanol–water partition coefficient (Wildman–Crippen LogP) is 4.48. The summed E-state index contributed by atoms with van der Waals surface area (Å²) < 4.78 is 39.9. The molecule has 3 aromatic rings. The summed E-state index contributed by atoms with van der Waals surface area (Å²) in [6.45, 7) is 0. The van der Waals surface area contributed by atoms with Crippen molar-refractivity contribution in [3.8, 4) is 0 Å². The van der Waals surface area contributed by atoms with Crippen molar-refractivity contribution in [1.82, 2.24) is 9.55 Å². The molecule has 0 unspecified atom stereocenters. The van der Waals surface area contributed by atoms with E-state index in [4.69, 9.17) is 0 Å². The van der Waals surface area contributed by atoms with Crippen LogP contribution in [0, 0.1) is 0 Å². The smallest absolute Gasteiger partial charge is 0.293 e. The van der Waals surface area contributed by atoms with E-state index in [-0.39, 0.29) is 16.9 Å². The fourth-order valence-corrected chi connectivity index (χ4v) is 5.49. The average Bonchev–Trinajstić information content (AvgIpc) is 3.23. The van der Waals surface area contributed by atoms with Crippen LogP contribution in [0.1, 0.15) is 32.8 Å². The fraction of sp³-hybridized carbons (Fsp3) is 0.316. The minimum Gasteiger partial charge on any atom is -0.293 e. The first-order valence-electron chi connectivity index (χ1n) is 8.60. The number of carbonyl (C=O) groups excluding carboxylic acids is 1. The lowest BCUT2D eigenvalue weighted by Crippen LogP contribution is -2.20. The zero-order valence-corrected chi connectivity index (χ0v) is 16.4. The monoisotopic (exact) mass is 424 g/mol. The summed E-state index contributed by atoms with van der Waals surface area (Å²) in [5.41, 5.74) is 0.0787. The minimum atomic E-state index is -4.50. The number of nitrogens with zero attached hydrogens (tertiary/aromatic N) is 2. The standard InChI is InChI=1S/C19H15F3N2O2S2/c1-24-17(26)15-12-6-3-7-14(12)28-16(15)23-18(24)27-9-13(25)10-4-2-5-11(8-10)19(20,21)22/h2,4-5,8H,3,6-7,9H2,1H3. The number of ketones is 1. The van der Waals surface area contributed by atoms with Crippen LogP contribution < -0.4 is 5.56 Å². The number of hydrogen-bond acceptors (Lipinski definition) is 5. The maximum Gasteiger partial charge on any atom is 0.416 e. The Bertz CT molecular complexity index is 1150. The van der Waals surface area contributed by atoms with Gasteiger partial charge in [0.2, 0.25) is 0 Å². The predicted molar refractivity (Wildman–Crippen MR) is 103 cm³/mol. The second-order valence-corrected chi connectivity index (χ2v) is 8.61. The van der Waals surface area contributed by atoms with Gasteiger partial charge in [-0.15, -0.1) is 11.3 Å². The van der Waals surface area contributed by atoms with Gasteiger partial charge in [-0.1, -0.05) is 23.9 Å². The van der Waals surface area contributed by atoms with Crippen LogP contribution in [0.2, 0.25) is 0 Å². The Morgan fingerprint density at radius 3 is 2.86 bits per heavy atom. The highest BCUT2D eigenvalue weighted by atomic mass is 32.2. The number of alkyl halides is 3. The molecule has 0 saturated carbocycles. The lowest BCUT2D eigenvalue weighted by atomic mass is 10.1. The third-order valence-corrected chi connectivity index (χ3v) is 6.97. The molecule has 0 N–H and O–H groups in total. The van der Waals surface area contributed by atoms with E-state index in [1.54, 1.807) is 7.05 Å². The molecule has 0 bridgehead atoms. The Kier molecular flexibility index (Phi) is 4.83. The molecule has 0 spiro atoms. The first kappa shape index (κ1) is 19.2. The maximum atomic E-state index is 12.8. The molecular weight excluding hydrogens is 409 g/mol. The normalized spacial score (nSPS) is 13.9. The minimum absolute atomic E-state index is 0.0106. The zero-order valence-electron chi connectivity index (χ0n) is 14.8. The molecule has 146 valence electrons. The molecule has 4 nitrogen and oxygen atoms in total. The van der Waals surface area contributed by atoms with E-state index < -0.39 is 17.5 Å². The van der Waals surface area contributed by atoms with E-state index in [9.17, 15) is 22.8 Å². The van der Waals surface area contributed by atoms with Crippen LogP contribution in [-0.4, -0.2) is 21.1 Å². The molecule has 0 aliphatic heterocycles. The lowest BCUT2D eigenvalue weighted by molar-refractivity contribution is -0.137. The summed E-state index contributed by atoms with van der Waals surface area (Å²) in [6, 6.07) is 4.35. The van der Waals surface area contributed by atoms with Crippen molar-refractivity contribution >= 4 is 39.1 Å². The highest BCUT2D eigenvalue weighted by Gasteiger charge is 2.31. The fourth-order valence-electron chi connectivity index (χ4n) is 3.32. The molecule has 0 fully saturated rings. The van der Waals surface area contributed by atoms with Crippen molar-refractivity contribution in [2.24, 2.45) is 7.05 Å². The van der Waals surface area contributed by atoms with E-state index in [1.807, 2.05) is 0 Å². The zero-order chi connectivity index (χ0) is 20.1. The number of aryl methyl sites for hydroxylation is 2. The van der Waals surface area contributed by atoms with Gasteiger partial charge >= 0.3 is 6.18 Å². The first-order valence-corrected chi connectivity index (χ1v) is 10.4. The van der Waals surface area contributed by atoms with Gasteiger partial charge in [0.25, 0.3) is 5.56 Å². The highest BCUT2D eigenvalue weighted by molar-refractivity contribution is 7.99. The van der Waals surface area contributed by atoms with Gasteiger partial charge in [-0.2, -0.15) is 13.2 Å². The highest BCUT2D eigenvalue weighted by Crippen LogP contribution is 2.35. The Morgan fingerprint density at radius 2 is 2.11 bits per heavy atom. The van der Waals surface area contributed by atoms with Gasteiger partial charge in [-0.3, -0.25) is 14.2 Å². The second-order valence-electron chi connectivity index (χ2n) is 6.59. The molecule has 2 aromatic heterocycles. The number of Topliss-reactive ketones (excluding diaryl/α,β-unsaturated/α-hetero) is 1. The molecular formula is C19H15F3N2O2S2. The third-order valence-electron chi connectivity index (χ3n) is 4.75. The molecule has 9 heteroatoms. The van der Waals surface area contributed by atoms with Gasteiger partial charge < -0.3 is 0 Å². The van der Waals surface area contributed by atoms with Crippen molar-refractivity contribution in [3.05, 3.63) is 56.2 Å². The van der Waals surface area contributed by atoms with Gasteiger partial charge in [0.05, 0.1) is 16.7 Å². The molecule has 1 aliphatic rings. The summed E-state index contributed by atoms with van der Waals surface area (Å²) in [7, 11) is 1.60. The largest absolute Gasteiger partial charge is 0.416 e. The average molecular weight is 424 g/mol. The maximum absolute atomic E-state index is 12.8. The van der Waals surface area contributed by atoms with Gasteiger partial charge in [0.15, 0.2) is 10.9 Å². The number of benzene rings is 1. The van der Waals surface area contributed by atoms with E-state index in [0.717, 1.165) is 48.7 Å². The summed E-state index contributed by atoms with van der Waals surface area (Å²) in [4.78, 5) is 31.5. The Hall–Kier alpha value is -2.13. The Morgan fingerprint density at radius 1 is 1.32 bits per heavy atom. The third kappa shape index (κ3) is 3.37. The van der Waals surface area contributed by atoms with Crippen molar-refractivity contribution in [2.75, 3.05) is 5.75 Å². The van der Waals surface area contributed by atoms with E-state index >= 15 is 0 Å². The summed E-state index contributed by atoms with van der Waals surface area (Å²) in [5, 5.41) is 1.05. The number of thioether (sulfide) groups is 1. The summed E-state index contributed by atoms with van der Waals surface area (Å²) >= 11 is 2.57. The number of rotatable bonds is 4. The van der Waals surface area contributed by atoms with Crippen LogP contribution in [0.5, 0.6) is 0 Å². The van der Waals surface area contributed by atoms with Gasteiger partial charge in [-0.25, -0.2) is 4.98 Å². The molecule has 4 rings (SSSR count). The molecule has 2 heterocycles. The molecule has 1 aromatic carbocycles. The van der Waals surface area contributed by atoms with Crippen LogP contribution >= 0.6 is 23.1 Å². The summed E-state index contributed by atoms with van der Waals surface area (Å²) in [6.07, 6.45) is -1.62. The van der Waals surface area contributed by atoms with Crippen LogP contribution in [0.15, 0.2) is 34.2 Å². The van der Waals surface area contributed by atoms with Crippen molar-refractivity contribution in [1.29, 1.82) is 0 Å². The number of carbonyl (C=O) groups is 1. The first-order chi connectivity index (χ1) is 13.3. The van der Waals surface area contributed by atoms with Gasteiger partial charge in [-0.05, 0) is 37.0 Å². The molecule has 0 radical (unpaired) electrons. The second kappa shape index (κ2) is 7.04. The summed E-state index contributed by atoms with van der Waals surface area (Å²) in [5.74, 6) is -0.544. The van der Waals surface area contributed by atoms with Crippen molar-refractivity contribution in [2.45, 2.75) is 30.6 Å². The van der Waals surface area contributed by atoms with E-state index in [0.29, 0.717) is 15.4 Å². The van der Waals surface area contributed by atoms with Crippen LogP contribution in [0.4, 0.5) is 13.2 Å². The topological polar surface area (TPSA) is 52.0 Å². The molecule has 0 amide bonds. The molecule has 0 atom stereocenters. The Balaban J connectivity index is 1.59. The SMILES string of the molecule is Cn1c(SCC(=O)c2cccc(C(F)(F)F)c2)nc2sc3c(c2c1=O)CCC3. The number of halogens is 3. The lowest BCUT2D eigenvalue weighted by Gasteiger charge is -2.09.